The Morgan fingerprint density at radius 1 is 1.12 bits per heavy atom. The van der Waals surface area contributed by atoms with E-state index in [2.05, 4.69) is 47.6 Å². The molecule has 82 valence electrons. The van der Waals surface area contributed by atoms with Crippen LogP contribution in [0, 0.1) is 6.92 Å². The second-order valence-corrected chi connectivity index (χ2v) is 4.37. The van der Waals surface area contributed by atoms with Crippen molar-refractivity contribution in [3.8, 4) is 11.3 Å². The molecular formula is C14H16N2. The first-order valence-electron chi connectivity index (χ1n) is 5.82. The third kappa shape index (κ3) is 1.46. The number of H-pyrrole nitrogens is 1. The quantitative estimate of drug-likeness (QED) is 0.747. The molecule has 0 saturated heterocycles. The monoisotopic (exact) mass is 212 g/mol. The molecule has 1 aromatic heterocycles. The van der Waals surface area contributed by atoms with Gasteiger partial charge in [0.25, 0.3) is 0 Å². The van der Waals surface area contributed by atoms with Gasteiger partial charge in [0, 0.05) is 30.9 Å². The molecule has 16 heavy (non-hydrogen) atoms. The molecule has 0 aliphatic carbocycles. The van der Waals surface area contributed by atoms with E-state index in [9.17, 15) is 0 Å². The number of fused-ring (bicyclic) bond motifs is 1. The van der Waals surface area contributed by atoms with Gasteiger partial charge >= 0.3 is 0 Å². The number of rotatable bonds is 1. The number of hydrogen-bond acceptors (Lipinski definition) is 1. The van der Waals surface area contributed by atoms with E-state index in [-0.39, 0.29) is 0 Å². The predicted octanol–water partition coefficient (Wildman–Crippen LogP) is 2.64. The van der Waals surface area contributed by atoms with Gasteiger partial charge in [0.1, 0.15) is 0 Å². The fourth-order valence-corrected chi connectivity index (χ4v) is 2.47. The Balaban J connectivity index is 2.12. The molecule has 2 N–H and O–H groups in total. The SMILES string of the molecule is Cc1c(-c2ccccc2)[nH]c2c1CNCC2. The Hall–Kier alpha value is -1.54. The van der Waals surface area contributed by atoms with E-state index < -0.39 is 0 Å². The topological polar surface area (TPSA) is 27.8 Å². The van der Waals surface area contributed by atoms with Crippen LogP contribution in [0.5, 0.6) is 0 Å². The molecule has 3 rings (SSSR count). The number of aromatic nitrogens is 1. The summed E-state index contributed by atoms with van der Waals surface area (Å²) in [6, 6.07) is 10.6. The average molecular weight is 212 g/mol. The highest BCUT2D eigenvalue weighted by molar-refractivity contribution is 5.66. The molecule has 0 amide bonds. The molecule has 0 unspecified atom stereocenters. The molecule has 1 aliphatic rings. The number of benzene rings is 1. The molecule has 1 aromatic carbocycles. The number of hydrogen-bond donors (Lipinski definition) is 2. The zero-order valence-electron chi connectivity index (χ0n) is 9.51. The molecule has 2 nitrogen and oxygen atoms in total. The largest absolute Gasteiger partial charge is 0.358 e. The summed E-state index contributed by atoms with van der Waals surface area (Å²) in [5.41, 5.74) is 6.84. The highest BCUT2D eigenvalue weighted by Gasteiger charge is 2.17. The summed E-state index contributed by atoms with van der Waals surface area (Å²) in [5.74, 6) is 0. The maximum Gasteiger partial charge on any atom is 0.0489 e. The number of nitrogens with one attached hydrogen (secondary N) is 2. The van der Waals surface area contributed by atoms with Gasteiger partial charge in [-0.25, -0.2) is 0 Å². The molecular weight excluding hydrogens is 196 g/mol. The molecule has 2 aromatic rings. The third-order valence-corrected chi connectivity index (χ3v) is 3.38. The molecule has 0 radical (unpaired) electrons. The van der Waals surface area contributed by atoms with Crippen molar-refractivity contribution < 1.29 is 0 Å². The van der Waals surface area contributed by atoms with Crippen LogP contribution in [0.25, 0.3) is 11.3 Å². The molecule has 2 heteroatoms. The minimum absolute atomic E-state index is 1.00. The highest BCUT2D eigenvalue weighted by atomic mass is 14.9. The van der Waals surface area contributed by atoms with Gasteiger partial charge < -0.3 is 10.3 Å². The normalized spacial score (nSPS) is 14.8. The van der Waals surface area contributed by atoms with Crippen LogP contribution >= 0.6 is 0 Å². The van der Waals surface area contributed by atoms with Crippen LogP contribution in [0.15, 0.2) is 30.3 Å². The molecule has 0 atom stereocenters. The fraction of sp³-hybridized carbons (Fsp3) is 0.286. The Labute approximate surface area is 95.7 Å². The van der Waals surface area contributed by atoms with E-state index >= 15 is 0 Å². The van der Waals surface area contributed by atoms with Crippen molar-refractivity contribution in [2.75, 3.05) is 6.54 Å². The molecule has 0 bridgehead atoms. The Bertz CT molecular complexity index is 497. The zero-order chi connectivity index (χ0) is 11.0. The zero-order valence-corrected chi connectivity index (χ0v) is 9.51. The summed E-state index contributed by atoms with van der Waals surface area (Å²) in [7, 11) is 0. The van der Waals surface area contributed by atoms with Gasteiger partial charge in [0.2, 0.25) is 0 Å². The lowest BCUT2D eigenvalue weighted by molar-refractivity contribution is 0.636. The van der Waals surface area contributed by atoms with Crippen LogP contribution in [0.4, 0.5) is 0 Å². The Morgan fingerprint density at radius 3 is 2.69 bits per heavy atom. The molecule has 0 spiro atoms. The van der Waals surface area contributed by atoms with Gasteiger partial charge in [-0.1, -0.05) is 30.3 Å². The summed E-state index contributed by atoms with van der Waals surface area (Å²) in [4.78, 5) is 3.58. The second-order valence-electron chi connectivity index (χ2n) is 4.37. The summed E-state index contributed by atoms with van der Waals surface area (Å²) in [6.07, 6.45) is 1.11. The van der Waals surface area contributed by atoms with Crippen molar-refractivity contribution in [2.45, 2.75) is 19.9 Å². The lowest BCUT2D eigenvalue weighted by atomic mass is 10.0. The standard InChI is InChI=1S/C14H16N2/c1-10-12-9-15-8-7-13(12)16-14(10)11-5-3-2-4-6-11/h2-6,15-16H,7-9H2,1H3. The van der Waals surface area contributed by atoms with E-state index in [1.165, 1.54) is 28.1 Å². The summed E-state index contributed by atoms with van der Waals surface area (Å²) in [6.45, 7) is 4.30. The van der Waals surface area contributed by atoms with Crippen molar-refractivity contribution in [3.63, 3.8) is 0 Å². The summed E-state index contributed by atoms with van der Waals surface area (Å²) >= 11 is 0. The van der Waals surface area contributed by atoms with Gasteiger partial charge in [0.05, 0.1) is 0 Å². The van der Waals surface area contributed by atoms with Crippen molar-refractivity contribution >= 4 is 0 Å². The molecule has 2 heterocycles. The summed E-state index contributed by atoms with van der Waals surface area (Å²) < 4.78 is 0. The lowest BCUT2D eigenvalue weighted by Gasteiger charge is -2.12. The smallest absolute Gasteiger partial charge is 0.0489 e. The first kappa shape index (κ1) is 9.67. The van der Waals surface area contributed by atoms with E-state index in [1.54, 1.807) is 0 Å². The van der Waals surface area contributed by atoms with Crippen molar-refractivity contribution in [3.05, 3.63) is 47.2 Å². The highest BCUT2D eigenvalue weighted by Crippen LogP contribution is 2.28. The van der Waals surface area contributed by atoms with Crippen LogP contribution in [0.2, 0.25) is 0 Å². The van der Waals surface area contributed by atoms with Crippen molar-refractivity contribution in [2.24, 2.45) is 0 Å². The minimum Gasteiger partial charge on any atom is -0.358 e. The van der Waals surface area contributed by atoms with Crippen LogP contribution in [-0.2, 0) is 13.0 Å². The predicted molar refractivity (Wildman–Crippen MR) is 66.4 cm³/mol. The van der Waals surface area contributed by atoms with Gasteiger partial charge in [-0.15, -0.1) is 0 Å². The van der Waals surface area contributed by atoms with Crippen molar-refractivity contribution in [1.29, 1.82) is 0 Å². The van der Waals surface area contributed by atoms with Gasteiger partial charge in [-0.05, 0) is 23.6 Å². The number of aromatic amines is 1. The fourth-order valence-electron chi connectivity index (χ4n) is 2.47. The maximum atomic E-state index is 3.58. The van der Waals surface area contributed by atoms with Crippen LogP contribution in [0.3, 0.4) is 0 Å². The van der Waals surface area contributed by atoms with Gasteiger partial charge in [0.15, 0.2) is 0 Å². The first-order valence-corrected chi connectivity index (χ1v) is 5.82. The summed E-state index contributed by atoms with van der Waals surface area (Å²) in [5, 5.41) is 3.43. The third-order valence-electron chi connectivity index (χ3n) is 3.38. The Kier molecular flexibility index (Phi) is 2.29. The van der Waals surface area contributed by atoms with Crippen LogP contribution < -0.4 is 5.32 Å². The lowest BCUT2D eigenvalue weighted by Crippen LogP contribution is -2.23. The molecule has 0 fully saturated rings. The second kappa shape index (κ2) is 3.80. The maximum absolute atomic E-state index is 3.58. The van der Waals surface area contributed by atoms with E-state index in [0.717, 1.165) is 19.5 Å². The van der Waals surface area contributed by atoms with Gasteiger partial charge in [-0.3, -0.25) is 0 Å². The van der Waals surface area contributed by atoms with E-state index in [4.69, 9.17) is 0 Å². The Morgan fingerprint density at radius 2 is 1.94 bits per heavy atom. The van der Waals surface area contributed by atoms with Gasteiger partial charge in [-0.2, -0.15) is 0 Å². The minimum atomic E-state index is 1.00. The van der Waals surface area contributed by atoms with Crippen LogP contribution in [-0.4, -0.2) is 11.5 Å². The van der Waals surface area contributed by atoms with E-state index in [1.807, 2.05) is 0 Å². The molecule has 1 aliphatic heterocycles. The first-order chi connectivity index (χ1) is 7.86. The molecule has 0 saturated carbocycles. The van der Waals surface area contributed by atoms with E-state index in [0.29, 0.717) is 0 Å². The van der Waals surface area contributed by atoms with Crippen molar-refractivity contribution in [1.82, 2.24) is 10.3 Å². The average Bonchev–Trinajstić information content (AvgIpc) is 2.69. The van der Waals surface area contributed by atoms with Crippen LogP contribution in [0.1, 0.15) is 16.8 Å².